The minimum absolute atomic E-state index is 0.129. The number of benzene rings is 3. The van der Waals surface area contributed by atoms with Crippen LogP contribution >= 0.6 is 0 Å². The number of H-pyrrole nitrogens is 2. The van der Waals surface area contributed by atoms with Crippen molar-refractivity contribution in [2.75, 3.05) is 0 Å². The summed E-state index contributed by atoms with van der Waals surface area (Å²) in [6, 6.07) is 26.0. The molecule has 0 saturated carbocycles. The lowest BCUT2D eigenvalue weighted by Gasteiger charge is -2.16. The molecular formula is C28H21N5. The molecule has 1 unspecified atom stereocenters. The molecule has 33 heavy (non-hydrogen) atoms. The molecule has 0 saturated heterocycles. The monoisotopic (exact) mass is 427 g/mol. The molecule has 0 bridgehead atoms. The van der Waals surface area contributed by atoms with Crippen molar-refractivity contribution in [1.29, 1.82) is 0 Å². The summed E-state index contributed by atoms with van der Waals surface area (Å²) in [5.41, 5.74) is 10.5. The van der Waals surface area contributed by atoms with Crippen molar-refractivity contribution in [2.45, 2.75) is 12.6 Å². The number of imidazole rings is 1. The van der Waals surface area contributed by atoms with E-state index < -0.39 is 0 Å². The third kappa shape index (κ3) is 2.90. The summed E-state index contributed by atoms with van der Waals surface area (Å²) >= 11 is 0. The zero-order chi connectivity index (χ0) is 21.8. The molecule has 158 valence electrons. The molecule has 1 atom stereocenters. The van der Waals surface area contributed by atoms with Gasteiger partial charge in [-0.1, -0.05) is 48.5 Å². The van der Waals surface area contributed by atoms with E-state index in [1.54, 1.807) is 6.20 Å². The zero-order valence-corrected chi connectivity index (χ0v) is 17.8. The van der Waals surface area contributed by atoms with Gasteiger partial charge in [-0.15, -0.1) is 0 Å². The number of nitrogens with zero attached hydrogens (tertiary/aromatic N) is 2. The van der Waals surface area contributed by atoms with Crippen LogP contribution in [-0.4, -0.2) is 19.9 Å². The van der Waals surface area contributed by atoms with E-state index in [4.69, 9.17) is 4.98 Å². The summed E-state index contributed by atoms with van der Waals surface area (Å²) in [6.07, 6.45) is 5.60. The maximum atomic E-state index is 4.86. The number of nitrogens with one attached hydrogen (secondary N) is 3. The molecule has 3 heterocycles. The molecule has 5 nitrogen and oxygen atoms in total. The second kappa shape index (κ2) is 7.15. The number of hydrogen-bond donors (Lipinski definition) is 3. The fourth-order valence-electron chi connectivity index (χ4n) is 5.09. The first-order valence-corrected chi connectivity index (χ1v) is 11.2. The third-order valence-electron chi connectivity index (χ3n) is 6.62. The van der Waals surface area contributed by atoms with Crippen LogP contribution in [0.3, 0.4) is 0 Å². The standard InChI is InChI=1S/C28H21N5/c1-2-5-20-19(4-1)26-21(27(20)31-15-17-8-9-23-18(14-17)10-13-30-23)6-3-7-22(26)28-32-24-11-12-29-16-25(24)33-28/h1-14,16,27,30-31H,15H2,(H,32,33). The highest BCUT2D eigenvalue weighted by Crippen LogP contribution is 2.47. The number of aromatic amines is 2. The number of pyridine rings is 1. The topological polar surface area (TPSA) is 69.4 Å². The van der Waals surface area contributed by atoms with Gasteiger partial charge in [0.25, 0.3) is 0 Å². The molecule has 0 fully saturated rings. The first kappa shape index (κ1) is 18.4. The summed E-state index contributed by atoms with van der Waals surface area (Å²) in [6.45, 7) is 0.792. The first-order valence-electron chi connectivity index (χ1n) is 11.2. The molecule has 6 aromatic rings. The maximum absolute atomic E-state index is 4.86. The highest BCUT2D eigenvalue weighted by Gasteiger charge is 2.30. The van der Waals surface area contributed by atoms with E-state index >= 15 is 0 Å². The van der Waals surface area contributed by atoms with E-state index in [1.807, 2.05) is 18.5 Å². The first-order chi connectivity index (χ1) is 16.3. The summed E-state index contributed by atoms with van der Waals surface area (Å²) in [7, 11) is 0. The summed E-state index contributed by atoms with van der Waals surface area (Å²) in [5.74, 6) is 0.878. The Kier molecular flexibility index (Phi) is 3.98. The zero-order valence-electron chi connectivity index (χ0n) is 17.8. The van der Waals surface area contributed by atoms with Crippen LogP contribution < -0.4 is 5.32 Å². The van der Waals surface area contributed by atoms with Crippen molar-refractivity contribution < 1.29 is 0 Å². The van der Waals surface area contributed by atoms with Crippen LogP contribution in [0.4, 0.5) is 0 Å². The average molecular weight is 428 g/mol. The highest BCUT2D eigenvalue weighted by molar-refractivity contribution is 5.91. The Balaban J connectivity index is 1.31. The Morgan fingerprint density at radius 2 is 1.76 bits per heavy atom. The van der Waals surface area contributed by atoms with Gasteiger partial charge in [0.1, 0.15) is 5.82 Å². The van der Waals surface area contributed by atoms with Crippen LogP contribution in [0.25, 0.3) is 44.5 Å². The van der Waals surface area contributed by atoms with Crippen LogP contribution in [0, 0.1) is 0 Å². The third-order valence-corrected chi connectivity index (χ3v) is 6.62. The van der Waals surface area contributed by atoms with Gasteiger partial charge >= 0.3 is 0 Å². The Labute approximate surface area is 190 Å². The van der Waals surface area contributed by atoms with Gasteiger partial charge in [-0.25, -0.2) is 4.98 Å². The van der Waals surface area contributed by atoms with Crippen LogP contribution in [-0.2, 0) is 6.54 Å². The van der Waals surface area contributed by atoms with Gasteiger partial charge in [-0.3, -0.25) is 4.98 Å². The molecule has 1 aliphatic carbocycles. The molecule has 0 aliphatic heterocycles. The van der Waals surface area contributed by atoms with Crippen LogP contribution in [0.1, 0.15) is 22.7 Å². The van der Waals surface area contributed by atoms with Crippen molar-refractivity contribution in [3.63, 3.8) is 0 Å². The lowest BCUT2D eigenvalue weighted by Crippen LogP contribution is -2.20. The number of rotatable bonds is 4. The van der Waals surface area contributed by atoms with Gasteiger partial charge in [0.05, 0.1) is 23.3 Å². The van der Waals surface area contributed by atoms with Crippen LogP contribution in [0.5, 0.6) is 0 Å². The molecule has 5 heteroatoms. The predicted molar refractivity (Wildman–Crippen MR) is 132 cm³/mol. The lowest BCUT2D eigenvalue weighted by atomic mass is 9.98. The minimum atomic E-state index is 0.129. The Hall–Kier alpha value is -4.22. The van der Waals surface area contributed by atoms with E-state index in [0.29, 0.717) is 0 Å². The average Bonchev–Trinajstić information content (AvgIpc) is 3.57. The minimum Gasteiger partial charge on any atom is -0.361 e. The van der Waals surface area contributed by atoms with E-state index in [9.17, 15) is 0 Å². The van der Waals surface area contributed by atoms with E-state index in [0.717, 1.165) is 29.0 Å². The summed E-state index contributed by atoms with van der Waals surface area (Å²) in [5, 5.41) is 5.06. The molecule has 3 N–H and O–H groups in total. The highest BCUT2D eigenvalue weighted by atomic mass is 14.9. The van der Waals surface area contributed by atoms with Gasteiger partial charge in [0.15, 0.2) is 0 Å². The van der Waals surface area contributed by atoms with Crippen molar-refractivity contribution >= 4 is 21.9 Å². The molecule has 3 aromatic heterocycles. The van der Waals surface area contributed by atoms with Gasteiger partial charge in [-0.05, 0) is 57.5 Å². The number of hydrogen-bond acceptors (Lipinski definition) is 3. The summed E-state index contributed by atoms with van der Waals surface area (Å²) in [4.78, 5) is 15.8. The largest absolute Gasteiger partial charge is 0.361 e. The number of fused-ring (bicyclic) bond motifs is 5. The molecule has 3 aromatic carbocycles. The maximum Gasteiger partial charge on any atom is 0.139 e. The molecular weight excluding hydrogens is 406 g/mol. The Morgan fingerprint density at radius 3 is 2.73 bits per heavy atom. The summed E-state index contributed by atoms with van der Waals surface area (Å²) < 4.78 is 0. The second-order valence-corrected chi connectivity index (χ2v) is 8.55. The lowest BCUT2D eigenvalue weighted by molar-refractivity contribution is 0.616. The molecule has 0 spiro atoms. The molecule has 7 rings (SSSR count). The molecule has 0 amide bonds. The van der Waals surface area contributed by atoms with E-state index in [1.165, 1.54) is 38.7 Å². The van der Waals surface area contributed by atoms with Crippen molar-refractivity contribution in [3.05, 3.63) is 108 Å². The smallest absolute Gasteiger partial charge is 0.139 e. The van der Waals surface area contributed by atoms with Crippen LogP contribution in [0.15, 0.2) is 91.4 Å². The van der Waals surface area contributed by atoms with Gasteiger partial charge < -0.3 is 15.3 Å². The quantitative estimate of drug-likeness (QED) is 0.325. The van der Waals surface area contributed by atoms with Gasteiger partial charge in [0.2, 0.25) is 0 Å². The fraction of sp³-hybridized carbons (Fsp3) is 0.0714. The van der Waals surface area contributed by atoms with E-state index in [2.05, 4.69) is 87.0 Å². The normalized spacial score (nSPS) is 14.6. The van der Waals surface area contributed by atoms with Crippen molar-refractivity contribution in [1.82, 2.24) is 25.3 Å². The second-order valence-electron chi connectivity index (χ2n) is 8.55. The number of aromatic nitrogens is 4. The SMILES string of the molecule is c1ccc2c(c1)-c1c(-c3nc4ccncc4[nH]3)cccc1C2NCc1ccc2[nH]ccc2c1. The Morgan fingerprint density at radius 1 is 0.848 bits per heavy atom. The van der Waals surface area contributed by atoms with Crippen molar-refractivity contribution in [2.24, 2.45) is 0 Å². The molecule has 0 radical (unpaired) electrons. The van der Waals surface area contributed by atoms with Gasteiger partial charge in [-0.2, -0.15) is 0 Å². The van der Waals surface area contributed by atoms with Gasteiger partial charge in [0, 0.05) is 30.0 Å². The fourth-order valence-corrected chi connectivity index (χ4v) is 5.09. The predicted octanol–water partition coefficient (Wildman–Crippen LogP) is 5.97. The van der Waals surface area contributed by atoms with E-state index in [-0.39, 0.29) is 6.04 Å². The molecule has 1 aliphatic rings. The Bertz CT molecular complexity index is 1610. The van der Waals surface area contributed by atoms with Crippen LogP contribution in [0.2, 0.25) is 0 Å². The van der Waals surface area contributed by atoms with Crippen molar-refractivity contribution in [3.8, 4) is 22.5 Å².